The SMILES string of the molecule is CC(NOCc1ccccc1)C(=O)OP(O)(=S)Cl. The molecule has 2 N–H and O–H groups in total. The quantitative estimate of drug-likeness (QED) is 0.619. The van der Waals surface area contributed by atoms with Crippen LogP contribution in [0.1, 0.15) is 12.5 Å². The standard InChI is InChI=1S/C10H13ClNO4PS/c1-8(10(13)16-17(11,14)18)12-15-7-9-5-3-2-4-6-9/h2-6,8,12H,7H2,1H3,(H,14,18). The summed E-state index contributed by atoms with van der Waals surface area (Å²) in [6, 6.07) is 8.65. The summed E-state index contributed by atoms with van der Waals surface area (Å²) in [5.74, 6) is -4.27. The van der Waals surface area contributed by atoms with E-state index in [1.165, 1.54) is 6.92 Å². The van der Waals surface area contributed by atoms with Gasteiger partial charge in [-0.2, -0.15) is 5.48 Å². The molecule has 100 valence electrons. The molecule has 0 amide bonds. The summed E-state index contributed by atoms with van der Waals surface area (Å²) >= 11 is 9.66. The third-order valence-electron chi connectivity index (χ3n) is 1.90. The second-order valence-corrected chi connectivity index (χ2v) is 8.02. The van der Waals surface area contributed by atoms with Gasteiger partial charge >= 0.3 is 11.8 Å². The average Bonchev–Trinajstić information content (AvgIpc) is 2.28. The van der Waals surface area contributed by atoms with Crippen LogP contribution in [0.2, 0.25) is 0 Å². The van der Waals surface area contributed by atoms with Crippen molar-refractivity contribution in [3.8, 4) is 0 Å². The van der Waals surface area contributed by atoms with Gasteiger partial charge in [0.05, 0.1) is 6.61 Å². The van der Waals surface area contributed by atoms with Crippen LogP contribution < -0.4 is 5.48 Å². The van der Waals surface area contributed by atoms with E-state index in [0.29, 0.717) is 6.61 Å². The van der Waals surface area contributed by atoms with Gasteiger partial charge in [-0.15, -0.1) is 0 Å². The van der Waals surface area contributed by atoms with Crippen LogP contribution in [0.15, 0.2) is 30.3 Å². The lowest BCUT2D eigenvalue weighted by Crippen LogP contribution is -2.34. The Hall–Kier alpha value is -0.490. The molecule has 2 atom stereocenters. The summed E-state index contributed by atoms with van der Waals surface area (Å²) in [7, 11) is 0. The molecule has 1 aromatic carbocycles. The van der Waals surface area contributed by atoms with Crippen molar-refractivity contribution in [1.29, 1.82) is 0 Å². The molecule has 0 saturated heterocycles. The highest BCUT2D eigenvalue weighted by atomic mass is 35.7. The first-order valence-corrected chi connectivity index (χ1v) is 8.63. The van der Waals surface area contributed by atoms with Gasteiger partial charge in [0.25, 0.3) is 0 Å². The summed E-state index contributed by atoms with van der Waals surface area (Å²) in [6.07, 6.45) is 0. The molecule has 1 rings (SSSR count). The number of benzene rings is 1. The zero-order valence-corrected chi connectivity index (χ0v) is 12.0. The second kappa shape index (κ2) is 7.19. The largest absolute Gasteiger partial charge is 0.399 e. The molecule has 0 aliphatic heterocycles. The van der Waals surface area contributed by atoms with E-state index in [-0.39, 0.29) is 0 Å². The molecule has 5 nitrogen and oxygen atoms in total. The van der Waals surface area contributed by atoms with Crippen molar-refractivity contribution in [3.63, 3.8) is 0 Å². The fourth-order valence-corrected chi connectivity index (χ4v) is 1.87. The number of carbonyl (C=O) groups excluding carboxylic acids is 1. The molecular weight excluding hydrogens is 297 g/mol. The monoisotopic (exact) mass is 309 g/mol. The molecule has 0 aromatic heterocycles. The fourth-order valence-electron chi connectivity index (χ4n) is 1.06. The van der Waals surface area contributed by atoms with Crippen LogP contribution in [0, 0.1) is 0 Å². The van der Waals surface area contributed by atoms with Crippen molar-refractivity contribution in [2.24, 2.45) is 0 Å². The number of hydrogen-bond acceptors (Lipinski definition) is 5. The molecule has 0 spiro atoms. The molecule has 0 fully saturated rings. The minimum Gasteiger partial charge on any atom is -0.399 e. The van der Waals surface area contributed by atoms with Crippen LogP contribution in [-0.4, -0.2) is 16.9 Å². The fraction of sp³-hybridized carbons (Fsp3) is 0.300. The Bertz CT molecular complexity index is 439. The van der Waals surface area contributed by atoms with Gasteiger partial charge in [0, 0.05) is 0 Å². The molecule has 0 aliphatic carbocycles. The van der Waals surface area contributed by atoms with Crippen molar-refractivity contribution in [2.45, 2.75) is 19.6 Å². The van der Waals surface area contributed by atoms with Crippen molar-refractivity contribution < 1.29 is 19.0 Å². The number of halogens is 1. The number of rotatable bonds is 6. The Balaban J connectivity index is 2.31. The molecule has 18 heavy (non-hydrogen) atoms. The summed E-state index contributed by atoms with van der Waals surface area (Å²) in [5, 5.41) is 0. The Morgan fingerprint density at radius 3 is 2.72 bits per heavy atom. The lowest BCUT2D eigenvalue weighted by atomic mass is 10.2. The number of hydrogen-bond donors (Lipinski definition) is 2. The summed E-state index contributed by atoms with van der Waals surface area (Å²) < 4.78 is 4.47. The van der Waals surface area contributed by atoms with Gasteiger partial charge in [-0.1, -0.05) is 30.3 Å². The first-order valence-electron chi connectivity index (χ1n) is 5.05. The van der Waals surface area contributed by atoms with Gasteiger partial charge in [-0.3, -0.25) is 4.84 Å². The lowest BCUT2D eigenvalue weighted by molar-refractivity contribution is -0.140. The van der Waals surface area contributed by atoms with Crippen LogP contribution in [0.5, 0.6) is 0 Å². The smallest absolute Gasteiger partial charge is 0.332 e. The van der Waals surface area contributed by atoms with E-state index >= 15 is 0 Å². The molecule has 0 bridgehead atoms. The average molecular weight is 310 g/mol. The van der Waals surface area contributed by atoms with Gasteiger partial charge in [0.1, 0.15) is 6.04 Å². The first kappa shape index (κ1) is 15.6. The summed E-state index contributed by atoms with van der Waals surface area (Å²) in [6.45, 7) is 1.81. The Morgan fingerprint density at radius 2 is 2.17 bits per heavy atom. The molecular formula is C10H13ClNO4PS. The van der Waals surface area contributed by atoms with Gasteiger partial charge in [-0.05, 0) is 35.5 Å². The zero-order valence-electron chi connectivity index (χ0n) is 9.58. The van der Waals surface area contributed by atoms with Crippen LogP contribution >= 0.6 is 17.1 Å². The number of hydroxylamine groups is 1. The Morgan fingerprint density at radius 1 is 1.56 bits per heavy atom. The van der Waals surface area contributed by atoms with E-state index in [1.807, 2.05) is 30.3 Å². The second-order valence-electron chi connectivity index (χ2n) is 3.48. The Labute approximate surface area is 115 Å². The maximum absolute atomic E-state index is 11.4. The van der Waals surface area contributed by atoms with Gasteiger partial charge in [0.15, 0.2) is 0 Å². The molecule has 0 saturated carbocycles. The highest BCUT2D eigenvalue weighted by Gasteiger charge is 2.21. The van der Waals surface area contributed by atoms with Gasteiger partial charge < -0.3 is 9.42 Å². The number of carbonyl (C=O) groups is 1. The predicted octanol–water partition coefficient (Wildman–Crippen LogP) is 2.10. The van der Waals surface area contributed by atoms with E-state index in [0.717, 1.165) is 5.56 Å². The summed E-state index contributed by atoms with van der Waals surface area (Å²) in [5.41, 5.74) is 3.43. The van der Waals surface area contributed by atoms with Gasteiger partial charge in [0.2, 0.25) is 0 Å². The third kappa shape index (κ3) is 6.44. The normalized spacial score (nSPS) is 15.7. The lowest BCUT2D eigenvalue weighted by Gasteiger charge is -2.14. The topological polar surface area (TPSA) is 67.8 Å². The summed E-state index contributed by atoms with van der Waals surface area (Å²) in [4.78, 5) is 25.5. The predicted molar refractivity (Wildman–Crippen MR) is 72.3 cm³/mol. The molecule has 2 unspecified atom stereocenters. The molecule has 0 radical (unpaired) electrons. The highest BCUT2D eigenvalue weighted by molar-refractivity contribution is 8.22. The minimum absolute atomic E-state index is 0.298. The zero-order chi connectivity index (χ0) is 13.6. The molecule has 0 aliphatic rings. The van der Waals surface area contributed by atoms with Crippen molar-refractivity contribution >= 4 is 34.9 Å². The van der Waals surface area contributed by atoms with E-state index in [4.69, 9.17) is 21.0 Å². The van der Waals surface area contributed by atoms with Crippen LogP contribution in [0.4, 0.5) is 0 Å². The van der Waals surface area contributed by atoms with Gasteiger partial charge in [-0.25, -0.2) is 4.79 Å². The van der Waals surface area contributed by atoms with Crippen molar-refractivity contribution in [3.05, 3.63) is 35.9 Å². The maximum Gasteiger partial charge on any atom is 0.332 e. The molecule has 1 aromatic rings. The van der Waals surface area contributed by atoms with Crippen LogP contribution in [0.25, 0.3) is 0 Å². The van der Waals surface area contributed by atoms with E-state index in [9.17, 15) is 4.79 Å². The minimum atomic E-state index is -3.51. The maximum atomic E-state index is 11.4. The van der Waals surface area contributed by atoms with E-state index < -0.39 is 17.9 Å². The Kier molecular flexibility index (Phi) is 6.21. The van der Waals surface area contributed by atoms with Crippen LogP contribution in [-0.2, 0) is 32.6 Å². The number of nitrogens with one attached hydrogen (secondary N) is 1. The third-order valence-corrected chi connectivity index (χ3v) is 2.73. The molecule has 8 heteroatoms. The van der Waals surface area contributed by atoms with E-state index in [1.54, 1.807) is 0 Å². The van der Waals surface area contributed by atoms with Crippen LogP contribution in [0.3, 0.4) is 0 Å². The molecule has 0 heterocycles. The van der Waals surface area contributed by atoms with E-state index in [2.05, 4.69) is 21.8 Å². The van der Waals surface area contributed by atoms with Crippen molar-refractivity contribution in [1.82, 2.24) is 5.48 Å². The highest BCUT2D eigenvalue weighted by Crippen LogP contribution is 2.48. The first-order chi connectivity index (χ1) is 8.38. The van der Waals surface area contributed by atoms with Crippen molar-refractivity contribution in [2.75, 3.05) is 0 Å².